The van der Waals surface area contributed by atoms with Gasteiger partial charge in [-0.3, -0.25) is 15.1 Å². The van der Waals surface area contributed by atoms with Gasteiger partial charge in [-0.05, 0) is 55.5 Å². The van der Waals surface area contributed by atoms with Crippen LogP contribution in [-0.2, 0) is 11.0 Å². The Balaban J connectivity index is 1.84. The summed E-state index contributed by atoms with van der Waals surface area (Å²) in [6.45, 7) is 9.55. The first-order valence-electron chi connectivity index (χ1n) is 14.5. The van der Waals surface area contributed by atoms with Crippen molar-refractivity contribution in [3.8, 4) is 0 Å². The number of halogens is 3. The lowest BCUT2D eigenvalue weighted by molar-refractivity contribution is -0.137. The van der Waals surface area contributed by atoms with Crippen LogP contribution in [0, 0.1) is 10.8 Å². The minimum Gasteiger partial charge on any atom is -0.507 e. The number of aliphatic hydroxyl groups is 1. The zero-order valence-corrected chi connectivity index (χ0v) is 24.8. The predicted molar refractivity (Wildman–Crippen MR) is 165 cm³/mol. The molecule has 0 saturated carbocycles. The van der Waals surface area contributed by atoms with E-state index in [1.807, 2.05) is 38.1 Å². The fraction of sp³-hybridized carbons (Fsp3) is 0.314. The van der Waals surface area contributed by atoms with Gasteiger partial charge in [0.1, 0.15) is 11.6 Å². The third-order valence-corrected chi connectivity index (χ3v) is 8.33. The van der Waals surface area contributed by atoms with Crippen LogP contribution in [-0.4, -0.2) is 29.8 Å². The van der Waals surface area contributed by atoms with Gasteiger partial charge in [0.05, 0.1) is 11.3 Å². The SMILES string of the molecule is CCN(CC)c1ccc([C@H]2C(=C(O)c3ccccc3)C(=N)N(c3ccccc3C(F)(F)F)C3=C2C(=O)CC(C)(C)C3)cc1. The molecule has 5 rings (SSSR count). The highest BCUT2D eigenvalue weighted by molar-refractivity contribution is 6.20. The molecule has 3 aromatic carbocycles. The number of anilines is 2. The maximum Gasteiger partial charge on any atom is 0.418 e. The standard InChI is InChI=1S/C35H36F3N3O2/c1-5-40(6-2)24-18-16-22(17-19-24)29-30-27(20-34(3,4)21-28(30)42)41(26-15-11-10-14-25(26)35(36,37)38)33(39)31(29)32(43)23-12-8-7-9-13-23/h7-19,29,39,43H,5-6,20-21H2,1-4H3/t29-/m1/s1. The van der Waals surface area contributed by atoms with Crippen molar-refractivity contribution in [3.63, 3.8) is 0 Å². The van der Waals surface area contributed by atoms with Crippen LogP contribution in [0.5, 0.6) is 0 Å². The van der Waals surface area contributed by atoms with E-state index >= 15 is 0 Å². The third-order valence-electron chi connectivity index (χ3n) is 8.33. The minimum absolute atomic E-state index is 0.0885. The number of carbonyl (C=O) groups excluding carboxylic acids is 1. The maximum atomic E-state index is 14.4. The largest absolute Gasteiger partial charge is 0.507 e. The summed E-state index contributed by atoms with van der Waals surface area (Å²) in [5.41, 5.74) is 1.15. The molecular formula is C35H36F3N3O2. The number of amidine groups is 1. The molecule has 0 amide bonds. The minimum atomic E-state index is -4.70. The molecule has 0 radical (unpaired) electrons. The van der Waals surface area contributed by atoms with Crippen LogP contribution in [0.1, 0.15) is 63.1 Å². The Morgan fingerprint density at radius 1 is 0.953 bits per heavy atom. The quantitative estimate of drug-likeness (QED) is 0.283. The average molecular weight is 588 g/mol. The smallest absolute Gasteiger partial charge is 0.418 e. The Hall–Kier alpha value is -4.33. The fourth-order valence-electron chi connectivity index (χ4n) is 6.34. The molecule has 1 heterocycles. The Morgan fingerprint density at radius 2 is 1.56 bits per heavy atom. The summed E-state index contributed by atoms with van der Waals surface area (Å²) in [4.78, 5) is 17.5. The van der Waals surface area contributed by atoms with Crippen LogP contribution < -0.4 is 9.80 Å². The highest BCUT2D eigenvalue weighted by Gasteiger charge is 2.48. The lowest BCUT2D eigenvalue weighted by Crippen LogP contribution is -2.45. The zero-order chi connectivity index (χ0) is 31.1. The van der Waals surface area contributed by atoms with Crippen molar-refractivity contribution >= 4 is 28.8 Å². The summed E-state index contributed by atoms with van der Waals surface area (Å²) in [6.07, 6.45) is -4.22. The van der Waals surface area contributed by atoms with E-state index in [0.29, 0.717) is 22.4 Å². The van der Waals surface area contributed by atoms with E-state index in [1.54, 1.807) is 30.3 Å². The van der Waals surface area contributed by atoms with Gasteiger partial charge in [-0.1, -0.05) is 68.4 Å². The molecule has 0 spiro atoms. The Morgan fingerprint density at radius 3 is 2.16 bits per heavy atom. The summed E-state index contributed by atoms with van der Waals surface area (Å²) >= 11 is 0. The fourth-order valence-corrected chi connectivity index (χ4v) is 6.34. The van der Waals surface area contributed by atoms with E-state index in [-0.39, 0.29) is 41.5 Å². The normalized spacial score (nSPS) is 19.8. The molecule has 8 heteroatoms. The number of hydrogen-bond acceptors (Lipinski definition) is 4. The predicted octanol–water partition coefficient (Wildman–Crippen LogP) is 8.75. The Kier molecular flexibility index (Phi) is 7.99. The summed E-state index contributed by atoms with van der Waals surface area (Å²) in [7, 11) is 0. The van der Waals surface area contributed by atoms with Gasteiger partial charge in [0.2, 0.25) is 0 Å². The molecule has 43 heavy (non-hydrogen) atoms. The summed E-state index contributed by atoms with van der Waals surface area (Å²) < 4.78 is 43.1. The summed E-state index contributed by atoms with van der Waals surface area (Å²) in [5, 5.41) is 21.3. The lowest BCUT2D eigenvalue weighted by Gasteiger charge is -2.45. The number of rotatable bonds is 6. The topological polar surface area (TPSA) is 67.6 Å². The molecule has 2 aliphatic rings. The van der Waals surface area contributed by atoms with Crippen molar-refractivity contribution in [1.29, 1.82) is 5.41 Å². The van der Waals surface area contributed by atoms with Crippen LogP contribution in [0.2, 0.25) is 0 Å². The molecule has 0 saturated heterocycles. The van der Waals surface area contributed by atoms with E-state index in [1.165, 1.54) is 23.1 Å². The molecule has 0 unspecified atom stereocenters. The van der Waals surface area contributed by atoms with Crippen molar-refractivity contribution in [2.24, 2.45) is 5.41 Å². The number of allylic oxidation sites excluding steroid dienone is 2. The second-order valence-electron chi connectivity index (χ2n) is 11.8. The first-order valence-corrected chi connectivity index (χ1v) is 14.5. The molecule has 0 aromatic heterocycles. The number of para-hydroxylation sites is 1. The highest BCUT2D eigenvalue weighted by atomic mass is 19.4. The Labute approximate surface area is 250 Å². The van der Waals surface area contributed by atoms with Gasteiger partial charge in [0.25, 0.3) is 0 Å². The molecule has 0 fully saturated rings. The second-order valence-corrected chi connectivity index (χ2v) is 11.8. The third kappa shape index (κ3) is 5.58. The van der Waals surface area contributed by atoms with Gasteiger partial charge in [0, 0.05) is 53.5 Å². The first-order chi connectivity index (χ1) is 20.4. The molecule has 1 atom stereocenters. The molecule has 224 valence electrons. The van der Waals surface area contributed by atoms with E-state index in [0.717, 1.165) is 24.8 Å². The monoisotopic (exact) mass is 587 g/mol. The summed E-state index contributed by atoms with van der Waals surface area (Å²) in [6, 6.07) is 21.4. The van der Waals surface area contributed by atoms with Crippen LogP contribution in [0.4, 0.5) is 24.5 Å². The maximum absolute atomic E-state index is 14.4. The van der Waals surface area contributed by atoms with Crippen molar-refractivity contribution in [1.82, 2.24) is 0 Å². The lowest BCUT2D eigenvalue weighted by atomic mass is 9.67. The van der Waals surface area contributed by atoms with E-state index in [2.05, 4.69) is 18.7 Å². The van der Waals surface area contributed by atoms with Crippen molar-refractivity contribution in [2.45, 2.75) is 52.6 Å². The van der Waals surface area contributed by atoms with Crippen LogP contribution in [0.15, 0.2) is 95.7 Å². The van der Waals surface area contributed by atoms with Crippen LogP contribution >= 0.6 is 0 Å². The van der Waals surface area contributed by atoms with Gasteiger partial charge in [-0.25, -0.2) is 0 Å². The van der Waals surface area contributed by atoms with Gasteiger partial charge < -0.3 is 10.0 Å². The number of benzene rings is 3. The number of aliphatic hydroxyl groups excluding tert-OH is 1. The second kappa shape index (κ2) is 11.4. The molecule has 5 nitrogen and oxygen atoms in total. The van der Waals surface area contributed by atoms with Crippen molar-refractivity contribution < 1.29 is 23.1 Å². The molecule has 0 bridgehead atoms. The van der Waals surface area contributed by atoms with Gasteiger partial charge in [0.15, 0.2) is 5.78 Å². The van der Waals surface area contributed by atoms with Crippen LogP contribution in [0.3, 0.4) is 0 Å². The number of ketones is 1. The van der Waals surface area contributed by atoms with E-state index in [4.69, 9.17) is 0 Å². The number of alkyl halides is 3. The van der Waals surface area contributed by atoms with Gasteiger partial charge >= 0.3 is 6.18 Å². The molecule has 3 aromatic rings. The van der Waals surface area contributed by atoms with E-state index in [9.17, 15) is 28.5 Å². The highest BCUT2D eigenvalue weighted by Crippen LogP contribution is 2.52. The first kappa shape index (κ1) is 30.1. The van der Waals surface area contributed by atoms with Crippen molar-refractivity contribution in [2.75, 3.05) is 22.9 Å². The number of nitrogens with zero attached hydrogens (tertiary/aromatic N) is 2. The Bertz CT molecular complexity index is 1600. The average Bonchev–Trinajstić information content (AvgIpc) is 2.97. The van der Waals surface area contributed by atoms with Crippen LogP contribution in [0.25, 0.3) is 5.76 Å². The number of carbonyl (C=O) groups is 1. The van der Waals surface area contributed by atoms with E-state index < -0.39 is 23.1 Å². The van der Waals surface area contributed by atoms with Gasteiger partial charge in [-0.2, -0.15) is 13.2 Å². The molecule has 2 N–H and O–H groups in total. The number of hydrogen-bond donors (Lipinski definition) is 2. The number of Topliss-reactive ketones (excluding diaryl/α,β-unsaturated/α-hetero) is 1. The summed E-state index contributed by atoms with van der Waals surface area (Å²) in [5.74, 6) is -1.59. The molecular weight excluding hydrogens is 551 g/mol. The molecule has 1 aliphatic carbocycles. The number of nitrogens with one attached hydrogen (secondary N) is 1. The zero-order valence-electron chi connectivity index (χ0n) is 24.8. The van der Waals surface area contributed by atoms with Crippen molar-refractivity contribution in [3.05, 3.63) is 112 Å². The molecule has 1 aliphatic heterocycles. The van der Waals surface area contributed by atoms with Gasteiger partial charge in [-0.15, -0.1) is 0 Å².